The van der Waals surface area contributed by atoms with Gasteiger partial charge >= 0.3 is 0 Å². The maximum atomic E-state index is 5.64. The van der Waals surface area contributed by atoms with Gasteiger partial charge in [-0.2, -0.15) is 0 Å². The van der Waals surface area contributed by atoms with Gasteiger partial charge in [-0.05, 0) is 37.6 Å². The number of hydrogen-bond donors (Lipinski definition) is 2. The average Bonchev–Trinajstić information content (AvgIpc) is 3.28. The number of fused-ring (bicyclic) bond motifs is 1. The monoisotopic (exact) mass is 394 g/mol. The van der Waals surface area contributed by atoms with E-state index in [2.05, 4.69) is 38.6 Å². The van der Waals surface area contributed by atoms with E-state index in [1.54, 1.807) is 12.5 Å². The summed E-state index contributed by atoms with van der Waals surface area (Å²) in [5.41, 5.74) is 3.08. The third-order valence-electron chi connectivity index (χ3n) is 4.73. The first-order valence-corrected chi connectivity index (χ1v) is 9.85. The molecule has 0 saturated heterocycles. The lowest BCUT2D eigenvalue weighted by atomic mass is 10.2. The number of aromatic nitrogens is 4. The zero-order valence-corrected chi connectivity index (χ0v) is 16.8. The van der Waals surface area contributed by atoms with Crippen LogP contribution in [-0.2, 0) is 6.54 Å². The van der Waals surface area contributed by atoms with E-state index in [9.17, 15) is 0 Å². The van der Waals surface area contributed by atoms with Crippen molar-refractivity contribution < 1.29 is 9.47 Å². The quantitative estimate of drug-likeness (QED) is 0.566. The summed E-state index contributed by atoms with van der Waals surface area (Å²) in [6.45, 7) is 7.77. The molecule has 1 atom stereocenters. The number of nitrogens with one attached hydrogen (secondary N) is 2. The van der Waals surface area contributed by atoms with E-state index in [4.69, 9.17) is 9.47 Å². The van der Waals surface area contributed by atoms with Gasteiger partial charge in [-0.1, -0.05) is 6.07 Å². The fourth-order valence-electron chi connectivity index (χ4n) is 3.20. The maximum Gasteiger partial charge on any atom is 0.235 e. The van der Waals surface area contributed by atoms with Crippen LogP contribution in [0, 0.1) is 6.92 Å². The smallest absolute Gasteiger partial charge is 0.235 e. The molecule has 152 valence electrons. The van der Waals surface area contributed by atoms with Crippen LogP contribution in [-0.4, -0.2) is 45.8 Å². The molecular formula is C21H26N6O2. The molecule has 0 radical (unpaired) electrons. The zero-order chi connectivity index (χ0) is 20.1. The summed E-state index contributed by atoms with van der Waals surface area (Å²) in [6, 6.07) is 8.22. The van der Waals surface area contributed by atoms with Gasteiger partial charge in [-0.15, -0.1) is 0 Å². The number of rotatable bonds is 8. The van der Waals surface area contributed by atoms with Crippen molar-refractivity contribution in [2.24, 2.45) is 0 Å². The highest BCUT2D eigenvalue weighted by Gasteiger charge is 2.12. The molecule has 29 heavy (non-hydrogen) atoms. The van der Waals surface area contributed by atoms with Crippen LogP contribution in [0.15, 0.2) is 43.0 Å². The van der Waals surface area contributed by atoms with E-state index in [0.717, 1.165) is 42.5 Å². The van der Waals surface area contributed by atoms with Gasteiger partial charge in [0.1, 0.15) is 19.5 Å². The van der Waals surface area contributed by atoms with Gasteiger partial charge in [0.2, 0.25) is 5.95 Å². The van der Waals surface area contributed by atoms with Crippen LogP contribution >= 0.6 is 0 Å². The Morgan fingerprint density at radius 2 is 1.97 bits per heavy atom. The van der Waals surface area contributed by atoms with Crippen LogP contribution in [0.2, 0.25) is 0 Å². The lowest BCUT2D eigenvalue weighted by Gasteiger charge is -2.19. The fourth-order valence-corrected chi connectivity index (χ4v) is 3.20. The van der Waals surface area contributed by atoms with E-state index in [1.165, 1.54) is 5.56 Å². The molecule has 8 nitrogen and oxygen atoms in total. The molecule has 2 aromatic heterocycles. The topological polar surface area (TPSA) is 86.1 Å². The van der Waals surface area contributed by atoms with Gasteiger partial charge in [0.05, 0.1) is 5.69 Å². The normalized spacial score (nSPS) is 14.0. The average molecular weight is 394 g/mol. The van der Waals surface area contributed by atoms with E-state index < -0.39 is 0 Å². The summed E-state index contributed by atoms with van der Waals surface area (Å²) in [4.78, 5) is 13.2. The largest absolute Gasteiger partial charge is 0.486 e. The highest BCUT2D eigenvalue weighted by Crippen LogP contribution is 2.30. The summed E-state index contributed by atoms with van der Waals surface area (Å²) < 4.78 is 13.0. The van der Waals surface area contributed by atoms with Gasteiger partial charge in [0.25, 0.3) is 0 Å². The van der Waals surface area contributed by atoms with Crippen molar-refractivity contribution in [2.45, 2.75) is 26.4 Å². The van der Waals surface area contributed by atoms with Gasteiger partial charge < -0.3 is 20.1 Å². The first-order valence-electron chi connectivity index (χ1n) is 9.85. The Morgan fingerprint density at radius 1 is 1.10 bits per heavy atom. The Morgan fingerprint density at radius 3 is 2.79 bits per heavy atom. The summed E-state index contributed by atoms with van der Waals surface area (Å²) in [6.07, 6.45) is 5.28. The van der Waals surface area contributed by atoms with Crippen molar-refractivity contribution in [1.82, 2.24) is 30.2 Å². The number of benzene rings is 1. The standard InChI is InChI=1S/C21H26N6O2/c1-15-11-18(26-21(25-15)27-8-7-23-14-27)16(2)24-6-5-22-13-17-3-4-19-20(12-17)29-10-9-28-19/h3-4,7-8,11-12,14,16,22,24H,5-6,9-10,13H2,1-2H3. The molecule has 3 aromatic rings. The van der Waals surface area contributed by atoms with E-state index in [0.29, 0.717) is 19.2 Å². The lowest BCUT2D eigenvalue weighted by Crippen LogP contribution is -2.29. The first kappa shape index (κ1) is 19.4. The Bertz CT molecular complexity index is 944. The second-order valence-corrected chi connectivity index (χ2v) is 7.03. The molecule has 3 heterocycles. The predicted octanol–water partition coefficient (Wildman–Crippen LogP) is 2.18. The second-order valence-electron chi connectivity index (χ2n) is 7.03. The summed E-state index contributed by atoms with van der Waals surface area (Å²) in [5, 5.41) is 6.97. The molecule has 0 aliphatic carbocycles. The van der Waals surface area contributed by atoms with Crippen molar-refractivity contribution in [1.29, 1.82) is 0 Å². The van der Waals surface area contributed by atoms with E-state index in [-0.39, 0.29) is 6.04 Å². The number of aryl methyl sites for hydroxylation is 1. The van der Waals surface area contributed by atoms with Gasteiger partial charge in [0, 0.05) is 43.8 Å². The van der Waals surface area contributed by atoms with Crippen molar-refractivity contribution >= 4 is 0 Å². The Balaban J connectivity index is 1.26. The van der Waals surface area contributed by atoms with Crippen molar-refractivity contribution in [3.8, 4) is 17.4 Å². The fraction of sp³-hybridized carbons (Fsp3) is 0.381. The zero-order valence-electron chi connectivity index (χ0n) is 16.8. The SMILES string of the molecule is Cc1cc(C(C)NCCNCc2ccc3c(c2)OCCO3)nc(-n2ccnc2)n1. The molecule has 0 fully saturated rings. The van der Waals surface area contributed by atoms with Crippen molar-refractivity contribution in [3.05, 3.63) is 59.9 Å². The van der Waals surface area contributed by atoms with E-state index in [1.807, 2.05) is 35.9 Å². The van der Waals surface area contributed by atoms with Crippen LogP contribution < -0.4 is 20.1 Å². The molecule has 8 heteroatoms. The number of nitrogens with zero attached hydrogens (tertiary/aromatic N) is 4. The summed E-state index contributed by atoms with van der Waals surface area (Å²) >= 11 is 0. The van der Waals surface area contributed by atoms with Crippen LogP contribution in [0.3, 0.4) is 0 Å². The summed E-state index contributed by atoms with van der Waals surface area (Å²) in [5.74, 6) is 2.30. The second kappa shape index (κ2) is 9.02. The molecule has 0 saturated carbocycles. The maximum absolute atomic E-state index is 5.64. The van der Waals surface area contributed by atoms with Gasteiger partial charge in [-0.25, -0.2) is 15.0 Å². The molecule has 1 aliphatic rings. The Labute approximate surface area is 170 Å². The molecule has 0 spiro atoms. The molecule has 1 aliphatic heterocycles. The van der Waals surface area contributed by atoms with Crippen LogP contribution in [0.5, 0.6) is 11.5 Å². The van der Waals surface area contributed by atoms with Crippen molar-refractivity contribution in [3.63, 3.8) is 0 Å². The van der Waals surface area contributed by atoms with Crippen LogP contribution in [0.1, 0.15) is 29.9 Å². The highest BCUT2D eigenvalue weighted by molar-refractivity contribution is 5.43. The van der Waals surface area contributed by atoms with Crippen molar-refractivity contribution in [2.75, 3.05) is 26.3 Å². The van der Waals surface area contributed by atoms with Crippen LogP contribution in [0.25, 0.3) is 5.95 Å². The number of hydrogen-bond acceptors (Lipinski definition) is 7. The summed E-state index contributed by atoms with van der Waals surface area (Å²) in [7, 11) is 0. The lowest BCUT2D eigenvalue weighted by molar-refractivity contribution is 0.171. The van der Waals surface area contributed by atoms with Gasteiger partial charge in [-0.3, -0.25) is 4.57 Å². The molecule has 1 unspecified atom stereocenters. The molecule has 0 bridgehead atoms. The third-order valence-corrected chi connectivity index (χ3v) is 4.73. The minimum Gasteiger partial charge on any atom is -0.486 e. The highest BCUT2D eigenvalue weighted by atomic mass is 16.6. The molecule has 4 rings (SSSR count). The Hall–Kier alpha value is -2.97. The minimum absolute atomic E-state index is 0.120. The Kier molecular flexibility index (Phi) is 6.02. The minimum atomic E-state index is 0.120. The molecular weight excluding hydrogens is 368 g/mol. The van der Waals surface area contributed by atoms with E-state index >= 15 is 0 Å². The third kappa shape index (κ3) is 4.90. The van der Waals surface area contributed by atoms with Gasteiger partial charge in [0.15, 0.2) is 11.5 Å². The predicted molar refractivity (Wildman–Crippen MR) is 109 cm³/mol. The first-order chi connectivity index (χ1) is 14.2. The number of imidazole rings is 1. The molecule has 2 N–H and O–H groups in total. The molecule has 0 amide bonds. The number of ether oxygens (including phenoxy) is 2. The molecule has 1 aromatic carbocycles. The van der Waals surface area contributed by atoms with Crippen LogP contribution in [0.4, 0.5) is 0 Å².